The Morgan fingerprint density at radius 2 is 1.93 bits per heavy atom. The largest absolute Gasteiger partial charge is 0.508 e. The summed E-state index contributed by atoms with van der Waals surface area (Å²) < 4.78 is 23.3. The summed E-state index contributed by atoms with van der Waals surface area (Å²) in [6.07, 6.45) is 6.66. The minimum Gasteiger partial charge on any atom is -0.508 e. The van der Waals surface area contributed by atoms with Gasteiger partial charge in [-0.1, -0.05) is 42.8 Å². The number of ether oxygens (including phenoxy) is 1. The molecule has 0 spiro atoms. The number of benzene rings is 3. The van der Waals surface area contributed by atoms with Crippen LogP contribution in [0.2, 0.25) is 5.02 Å². The average Bonchev–Trinajstić information content (AvgIpc) is 3.62. The third kappa shape index (κ3) is 4.69. The van der Waals surface area contributed by atoms with E-state index in [1.165, 1.54) is 6.42 Å². The molecule has 4 atom stereocenters. The molecule has 2 N–H and O–H groups in total. The molecular weight excluding hydrogens is 565 g/mol. The first-order valence-electron chi connectivity index (χ1n) is 15.7. The summed E-state index contributed by atoms with van der Waals surface area (Å²) >= 11 is 6.92. The molecule has 4 saturated heterocycles. The van der Waals surface area contributed by atoms with E-state index in [1.54, 1.807) is 18.2 Å². The second kappa shape index (κ2) is 10.5. The van der Waals surface area contributed by atoms with Crippen molar-refractivity contribution in [1.82, 2.24) is 20.2 Å². The lowest BCUT2D eigenvalue weighted by atomic mass is 9.92. The molecular formula is C34H37ClFN5O2. The minimum atomic E-state index is -0.531. The van der Waals surface area contributed by atoms with Crippen LogP contribution in [0.4, 0.5) is 10.2 Å². The van der Waals surface area contributed by atoms with Crippen LogP contribution in [-0.4, -0.2) is 70.4 Å². The predicted molar refractivity (Wildman–Crippen MR) is 169 cm³/mol. The van der Waals surface area contributed by atoms with Crippen molar-refractivity contribution >= 4 is 39.1 Å². The van der Waals surface area contributed by atoms with Crippen LogP contribution < -0.4 is 15.0 Å². The van der Waals surface area contributed by atoms with E-state index in [0.29, 0.717) is 41.4 Å². The molecule has 224 valence electrons. The smallest absolute Gasteiger partial charge is 0.319 e. The third-order valence-electron chi connectivity index (χ3n) is 10.3. The number of hydrogen-bond donors (Lipinski definition) is 2. The van der Waals surface area contributed by atoms with Gasteiger partial charge in [0.05, 0.1) is 10.6 Å². The molecule has 4 aliphatic rings. The second-order valence-corrected chi connectivity index (χ2v) is 13.6. The Morgan fingerprint density at radius 1 is 1.07 bits per heavy atom. The Balaban J connectivity index is 1.27. The van der Waals surface area contributed by atoms with Crippen molar-refractivity contribution < 1.29 is 14.2 Å². The molecule has 5 heterocycles. The lowest BCUT2D eigenvalue weighted by Gasteiger charge is -2.31. The summed E-state index contributed by atoms with van der Waals surface area (Å²) in [6.45, 7) is 6.58. The summed E-state index contributed by atoms with van der Waals surface area (Å²) in [4.78, 5) is 14.5. The van der Waals surface area contributed by atoms with E-state index in [9.17, 15) is 5.11 Å². The predicted octanol–water partition coefficient (Wildman–Crippen LogP) is 6.53. The van der Waals surface area contributed by atoms with E-state index >= 15 is 4.39 Å². The van der Waals surface area contributed by atoms with Gasteiger partial charge in [0.1, 0.15) is 23.7 Å². The van der Waals surface area contributed by atoms with E-state index in [2.05, 4.69) is 22.0 Å². The Labute approximate surface area is 256 Å². The molecule has 1 aromatic heterocycles. The molecule has 4 fully saturated rings. The van der Waals surface area contributed by atoms with Gasteiger partial charge in [-0.25, -0.2) is 4.39 Å². The summed E-state index contributed by atoms with van der Waals surface area (Å²) in [5, 5.41) is 16.7. The highest BCUT2D eigenvalue weighted by molar-refractivity contribution is 6.35. The van der Waals surface area contributed by atoms with Crippen molar-refractivity contribution in [2.45, 2.75) is 63.1 Å². The number of phenolic OH excluding ortho intramolecular Hbond substituents is 1. The van der Waals surface area contributed by atoms with Crippen LogP contribution in [-0.2, 0) is 0 Å². The number of anilines is 1. The van der Waals surface area contributed by atoms with Crippen LogP contribution >= 0.6 is 11.6 Å². The maximum Gasteiger partial charge on any atom is 0.319 e. The van der Waals surface area contributed by atoms with Crippen molar-refractivity contribution in [3.63, 3.8) is 0 Å². The lowest BCUT2D eigenvalue weighted by Crippen LogP contribution is -2.43. The fourth-order valence-electron chi connectivity index (χ4n) is 8.37. The zero-order valence-corrected chi connectivity index (χ0v) is 25.2. The molecule has 43 heavy (non-hydrogen) atoms. The van der Waals surface area contributed by atoms with Crippen molar-refractivity contribution in [3.8, 4) is 22.9 Å². The number of aromatic hydroxyl groups is 1. The highest BCUT2D eigenvalue weighted by Gasteiger charge is 2.48. The van der Waals surface area contributed by atoms with E-state index in [-0.39, 0.29) is 33.4 Å². The number of rotatable bonds is 5. The summed E-state index contributed by atoms with van der Waals surface area (Å²) in [7, 11) is 0. The number of phenols is 1. The number of aromatic nitrogens is 2. The molecule has 8 rings (SSSR count). The van der Waals surface area contributed by atoms with Crippen LogP contribution in [0.5, 0.6) is 11.8 Å². The molecule has 3 aromatic carbocycles. The molecule has 7 nitrogen and oxygen atoms in total. The molecule has 9 heteroatoms. The highest BCUT2D eigenvalue weighted by Crippen LogP contribution is 2.44. The van der Waals surface area contributed by atoms with Crippen molar-refractivity contribution in [2.24, 2.45) is 5.92 Å². The van der Waals surface area contributed by atoms with Gasteiger partial charge < -0.3 is 20.1 Å². The van der Waals surface area contributed by atoms with Gasteiger partial charge in [-0.3, -0.25) is 4.90 Å². The molecule has 0 unspecified atom stereocenters. The first-order chi connectivity index (χ1) is 20.9. The molecule has 4 aromatic rings. The van der Waals surface area contributed by atoms with E-state index in [1.807, 2.05) is 24.3 Å². The van der Waals surface area contributed by atoms with Crippen molar-refractivity contribution in [1.29, 1.82) is 0 Å². The Morgan fingerprint density at radius 3 is 2.84 bits per heavy atom. The molecule has 0 saturated carbocycles. The first-order valence-corrected chi connectivity index (χ1v) is 16.1. The number of nitrogens with one attached hydrogen (secondary N) is 1. The van der Waals surface area contributed by atoms with Crippen LogP contribution in [0.1, 0.15) is 45.4 Å². The molecule has 0 radical (unpaired) electrons. The van der Waals surface area contributed by atoms with Gasteiger partial charge in [0.25, 0.3) is 0 Å². The Kier molecular flexibility index (Phi) is 6.65. The first kappa shape index (κ1) is 27.4. The maximum atomic E-state index is 16.9. The zero-order chi connectivity index (χ0) is 29.3. The quantitative estimate of drug-likeness (QED) is 0.269. The van der Waals surface area contributed by atoms with Crippen molar-refractivity contribution in [2.75, 3.05) is 37.7 Å². The molecule has 4 aliphatic heterocycles. The Bertz CT molecular complexity index is 1730. The van der Waals surface area contributed by atoms with Gasteiger partial charge in [0, 0.05) is 42.7 Å². The monoisotopic (exact) mass is 601 g/mol. The highest BCUT2D eigenvalue weighted by atomic mass is 35.5. The van der Waals surface area contributed by atoms with Crippen LogP contribution in [0.15, 0.2) is 42.5 Å². The second-order valence-electron chi connectivity index (χ2n) is 13.2. The molecule has 0 aliphatic carbocycles. The summed E-state index contributed by atoms with van der Waals surface area (Å²) in [5.74, 6) is 0.811. The topological polar surface area (TPSA) is 73.8 Å². The fraction of sp³-hybridized carbons (Fsp3) is 0.471. The molecule has 0 amide bonds. The standard InChI is InChI=1S/C34H37ClFN5O2/c1-20-16-34(10-4-11-41(34)17-20)19-43-33-38-31-27(32(39-33)40-12-9-22-7-8-23(18-40)37-22)15-28(35)29(30(31)36)26-14-24(42)13-21-5-2-3-6-25(21)26/h2-3,5-6,13-15,20,22-23,37,42H,4,7-12,16-19H2,1H3/t20-,22-,23+,34+/m1/s1. The third-order valence-corrected chi connectivity index (χ3v) is 10.6. The van der Waals surface area contributed by atoms with Gasteiger partial charge in [-0.2, -0.15) is 9.97 Å². The maximum absolute atomic E-state index is 16.9. The summed E-state index contributed by atoms with van der Waals surface area (Å²) in [5.41, 5.74) is 0.932. The van der Waals surface area contributed by atoms with Crippen LogP contribution in [0, 0.1) is 11.7 Å². The number of nitrogens with zero attached hydrogens (tertiary/aromatic N) is 4. The number of fused-ring (bicyclic) bond motifs is 5. The van der Waals surface area contributed by atoms with Gasteiger partial charge in [-0.05, 0) is 85.5 Å². The van der Waals surface area contributed by atoms with Crippen molar-refractivity contribution in [3.05, 3.63) is 53.3 Å². The SMILES string of the molecule is C[C@H]1CN2CCC[C@@]2(COc2nc(N3CC[C@H]4CC[C@@H](C3)N4)c3cc(Cl)c(-c4cc(O)cc5ccccc45)c(F)c3n2)C1. The van der Waals surface area contributed by atoms with E-state index in [0.717, 1.165) is 69.1 Å². The van der Waals surface area contributed by atoms with E-state index < -0.39 is 5.82 Å². The fourth-order valence-corrected chi connectivity index (χ4v) is 8.66. The lowest BCUT2D eigenvalue weighted by molar-refractivity contribution is 0.107. The van der Waals surface area contributed by atoms with Gasteiger partial charge in [0.2, 0.25) is 0 Å². The van der Waals surface area contributed by atoms with Crippen LogP contribution in [0.25, 0.3) is 32.8 Å². The van der Waals surface area contributed by atoms with E-state index in [4.69, 9.17) is 26.3 Å². The number of hydrogen-bond acceptors (Lipinski definition) is 7. The average molecular weight is 602 g/mol. The summed E-state index contributed by atoms with van der Waals surface area (Å²) in [6, 6.07) is 13.7. The van der Waals surface area contributed by atoms with Gasteiger partial charge in [0.15, 0.2) is 5.82 Å². The minimum absolute atomic E-state index is 0.00620. The van der Waals surface area contributed by atoms with Gasteiger partial charge in [-0.15, -0.1) is 0 Å². The van der Waals surface area contributed by atoms with Crippen LogP contribution in [0.3, 0.4) is 0 Å². The number of halogens is 2. The molecule has 2 bridgehead atoms. The Hall–Kier alpha value is -3.20. The normalized spacial score (nSPS) is 27.2. The van der Waals surface area contributed by atoms with Gasteiger partial charge >= 0.3 is 6.01 Å². The zero-order valence-electron chi connectivity index (χ0n) is 24.5.